The van der Waals surface area contributed by atoms with Crippen LogP contribution in [0.25, 0.3) is 0 Å². The van der Waals surface area contributed by atoms with Crippen molar-refractivity contribution in [2.75, 3.05) is 12.0 Å². The molecular formula is C5H10O5S2. The van der Waals surface area contributed by atoms with Gasteiger partial charge in [0.25, 0.3) is 10.1 Å². The van der Waals surface area contributed by atoms with Gasteiger partial charge in [-0.3, -0.25) is 8.37 Å². The van der Waals surface area contributed by atoms with Gasteiger partial charge in [0, 0.05) is 0 Å². The first-order valence-corrected chi connectivity index (χ1v) is 6.38. The summed E-state index contributed by atoms with van der Waals surface area (Å²) < 4.78 is 41.5. The molecule has 1 aliphatic rings. The quantitative estimate of drug-likeness (QED) is 0.575. The van der Waals surface area contributed by atoms with E-state index in [2.05, 4.69) is 4.18 Å². The van der Waals surface area contributed by atoms with Gasteiger partial charge in [0.05, 0.1) is 12.0 Å². The maximum atomic E-state index is 10.8. The first-order chi connectivity index (χ1) is 5.38. The van der Waals surface area contributed by atoms with Crippen LogP contribution in [0.1, 0.15) is 6.92 Å². The van der Waals surface area contributed by atoms with Crippen LogP contribution in [0.3, 0.4) is 0 Å². The largest absolute Gasteiger partial charge is 0.285 e. The van der Waals surface area contributed by atoms with Gasteiger partial charge < -0.3 is 0 Å². The molecule has 1 aliphatic heterocycles. The second kappa shape index (κ2) is 3.41. The average Bonchev–Trinajstić information content (AvgIpc) is 2.06. The number of hydrogen-bond donors (Lipinski definition) is 0. The predicted octanol–water partition coefficient (Wildman–Crippen LogP) is -0.586. The molecule has 12 heavy (non-hydrogen) atoms. The summed E-state index contributed by atoms with van der Waals surface area (Å²) in [5.41, 5.74) is 0. The highest BCUT2D eigenvalue weighted by Crippen LogP contribution is 2.17. The SMILES string of the molecule is CC1OS(=O)CC1OS(C)(=O)=O. The predicted molar refractivity (Wildman–Crippen MR) is 43.3 cm³/mol. The third-order valence-electron chi connectivity index (χ3n) is 1.38. The molecule has 0 aromatic rings. The smallest absolute Gasteiger partial charge is 0.264 e. The Hall–Kier alpha value is 0.0200. The zero-order valence-electron chi connectivity index (χ0n) is 6.72. The lowest BCUT2D eigenvalue weighted by atomic mass is 10.3. The van der Waals surface area contributed by atoms with E-state index in [1.54, 1.807) is 6.92 Å². The Balaban J connectivity index is 2.60. The second-order valence-electron chi connectivity index (χ2n) is 2.61. The van der Waals surface area contributed by atoms with Crippen LogP contribution >= 0.6 is 0 Å². The number of hydrogen-bond acceptors (Lipinski definition) is 5. The maximum Gasteiger partial charge on any atom is 0.264 e. The van der Waals surface area contributed by atoms with E-state index in [0.29, 0.717) is 0 Å². The van der Waals surface area contributed by atoms with Gasteiger partial charge in [-0.25, -0.2) is 4.21 Å². The van der Waals surface area contributed by atoms with E-state index >= 15 is 0 Å². The van der Waals surface area contributed by atoms with E-state index in [1.165, 1.54) is 0 Å². The van der Waals surface area contributed by atoms with Crippen molar-refractivity contribution in [1.82, 2.24) is 0 Å². The molecule has 0 radical (unpaired) electrons. The van der Waals surface area contributed by atoms with E-state index in [-0.39, 0.29) is 5.75 Å². The normalized spacial score (nSPS) is 37.0. The van der Waals surface area contributed by atoms with Crippen LogP contribution in [0.2, 0.25) is 0 Å². The van der Waals surface area contributed by atoms with Crippen LogP contribution in [-0.2, 0) is 29.6 Å². The zero-order valence-corrected chi connectivity index (χ0v) is 8.35. The Morgan fingerprint density at radius 2 is 2.17 bits per heavy atom. The Bertz CT molecular complexity index is 282. The van der Waals surface area contributed by atoms with Gasteiger partial charge in [0.2, 0.25) is 0 Å². The van der Waals surface area contributed by atoms with Crippen molar-refractivity contribution in [3.05, 3.63) is 0 Å². The summed E-state index contributed by atoms with van der Waals surface area (Å²) in [4.78, 5) is 0. The summed E-state index contributed by atoms with van der Waals surface area (Å²) in [6.45, 7) is 1.63. The molecule has 0 spiro atoms. The molecule has 0 aliphatic carbocycles. The summed E-state index contributed by atoms with van der Waals surface area (Å²) in [5.74, 6) is 0.119. The molecule has 1 fully saturated rings. The summed E-state index contributed by atoms with van der Waals surface area (Å²) in [6.07, 6.45) is -0.0811. The van der Waals surface area contributed by atoms with Crippen LogP contribution in [0.15, 0.2) is 0 Å². The van der Waals surface area contributed by atoms with Crippen molar-refractivity contribution >= 4 is 21.2 Å². The van der Waals surface area contributed by atoms with Crippen LogP contribution in [-0.4, -0.2) is 36.8 Å². The molecule has 3 unspecified atom stereocenters. The minimum atomic E-state index is -3.48. The first kappa shape index (κ1) is 10.1. The molecule has 0 amide bonds. The van der Waals surface area contributed by atoms with Crippen LogP contribution < -0.4 is 0 Å². The fraction of sp³-hybridized carbons (Fsp3) is 1.00. The van der Waals surface area contributed by atoms with E-state index in [4.69, 9.17) is 4.18 Å². The molecule has 1 rings (SSSR count). The highest BCUT2D eigenvalue weighted by Gasteiger charge is 2.33. The van der Waals surface area contributed by atoms with Crippen molar-refractivity contribution < 1.29 is 21.0 Å². The fourth-order valence-electron chi connectivity index (χ4n) is 0.871. The van der Waals surface area contributed by atoms with Crippen molar-refractivity contribution in [3.63, 3.8) is 0 Å². The van der Waals surface area contributed by atoms with Crippen molar-refractivity contribution in [2.24, 2.45) is 0 Å². The maximum absolute atomic E-state index is 10.8. The lowest BCUT2D eigenvalue weighted by Crippen LogP contribution is -2.26. The molecule has 0 N–H and O–H groups in total. The monoisotopic (exact) mass is 214 g/mol. The third kappa shape index (κ3) is 2.81. The standard InChI is InChI=1S/C5H10O5S2/c1-4-5(3-11(6)9-4)10-12(2,7)8/h4-5H,3H2,1-2H3. The van der Waals surface area contributed by atoms with Gasteiger partial charge in [-0.2, -0.15) is 8.42 Å². The zero-order chi connectivity index (χ0) is 9.35. The Morgan fingerprint density at radius 1 is 1.58 bits per heavy atom. The lowest BCUT2D eigenvalue weighted by molar-refractivity contribution is 0.124. The van der Waals surface area contributed by atoms with Gasteiger partial charge in [0.15, 0.2) is 11.1 Å². The van der Waals surface area contributed by atoms with E-state index in [1.807, 2.05) is 0 Å². The third-order valence-corrected chi connectivity index (χ3v) is 3.10. The second-order valence-corrected chi connectivity index (χ2v) is 5.34. The Morgan fingerprint density at radius 3 is 2.50 bits per heavy atom. The number of rotatable bonds is 2. The van der Waals surface area contributed by atoms with Crippen molar-refractivity contribution in [1.29, 1.82) is 0 Å². The Labute approximate surface area is 73.8 Å². The van der Waals surface area contributed by atoms with E-state index < -0.39 is 33.4 Å². The molecule has 1 heterocycles. The molecule has 72 valence electrons. The van der Waals surface area contributed by atoms with E-state index in [0.717, 1.165) is 6.26 Å². The molecule has 0 bridgehead atoms. The Kier molecular flexibility index (Phi) is 2.87. The fourth-order valence-corrected chi connectivity index (χ4v) is 2.78. The van der Waals surface area contributed by atoms with Gasteiger partial charge in [0.1, 0.15) is 12.2 Å². The first-order valence-electron chi connectivity index (χ1n) is 3.32. The van der Waals surface area contributed by atoms with Crippen LogP contribution in [0, 0.1) is 0 Å². The molecule has 1 saturated heterocycles. The summed E-state index contributed by atoms with van der Waals surface area (Å²) in [7, 11) is -3.48. The average molecular weight is 214 g/mol. The minimum absolute atomic E-state index is 0.119. The summed E-state index contributed by atoms with van der Waals surface area (Å²) >= 11 is -1.41. The summed E-state index contributed by atoms with van der Waals surface area (Å²) in [5, 5.41) is 0. The van der Waals surface area contributed by atoms with Gasteiger partial charge in [-0.15, -0.1) is 0 Å². The highest BCUT2D eigenvalue weighted by atomic mass is 32.2. The minimum Gasteiger partial charge on any atom is -0.285 e. The van der Waals surface area contributed by atoms with Crippen molar-refractivity contribution in [3.8, 4) is 0 Å². The molecule has 5 nitrogen and oxygen atoms in total. The van der Waals surface area contributed by atoms with Crippen LogP contribution in [0.4, 0.5) is 0 Å². The van der Waals surface area contributed by atoms with Gasteiger partial charge >= 0.3 is 0 Å². The van der Waals surface area contributed by atoms with Crippen LogP contribution in [0.5, 0.6) is 0 Å². The van der Waals surface area contributed by atoms with Gasteiger partial charge in [-0.1, -0.05) is 0 Å². The van der Waals surface area contributed by atoms with Crippen molar-refractivity contribution in [2.45, 2.75) is 19.1 Å². The summed E-state index contributed by atoms with van der Waals surface area (Å²) in [6, 6.07) is 0. The molecular weight excluding hydrogens is 204 g/mol. The van der Waals surface area contributed by atoms with E-state index in [9.17, 15) is 12.6 Å². The molecule has 7 heteroatoms. The topological polar surface area (TPSA) is 69.7 Å². The van der Waals surface area contributed by atoms with Gasteiger partial charge in [-0.05, 0) is 6.92 Å². The molecule has 0 aromatic heterocycles. The molecule has 0 saturated carbocycles. The highest BCUT2D eigenvalue weighted by molar-refractivity contribution is 7.86. The lowest BCUT2D eigenvalue weighted by Gasteiger charge is -2.10. The molecule has 3 atom stereocenters. The molecule has 0 aromatic carbocycles.